The molecule has 5 heterocycles. The maximum atomic E-state index is 13.3. The maximum Gasteiger partial charge on any atom is 0.349 e. The molecule has 0 bridgehead atoms. The predicted molar refractivity (Wildman–Crippen MR) is 207 cm³/mol. The van der Waals surface area contributed by atoms with Crippen molar-refractivity contribution in [3.63, 3.8) is 0 Å². The molecule has 0 aliphatic carbocycles. The molecule has 2 saturated heterocycles. The van der Waals surface area contributed by atoms with Crippen molar-refractivity contribution in [1.82, 2.24) is 24.6 Å². The third-order valence-electron chi connectivity index (χ3n) is 10.8. The first-order chi connectivity index (χ1) is 26.2. The highest BCUT2D eigenvalue weighted by Crippen LogP contribution is 2.34. The number of ether oxygens (including phenoxy) is 1. The fourth-order valence-electron chi connectivity index (χ4n) is 8.02. The van der Waals surface area contributed by atoms with Gasteiger partial charge in [-0.3, -0.25) is 9.74 Å². The third kappa shape index (κ3) is 10.3. The number of carbonyl (C=O) groups excluding carboxylic acids is 3. The lowest BCUT2D eigenvalue weighted by atomic mass is 9.93. The van der Waals surface area contributed by atoms with E-state index >= 15 is 0 Å². The van der Waals surface area contributed by atoms with Crippen molar-refractivity contribution in [3.8, 4) is 11.4 Å². The number of likely N-dealkylation sites (tertiary alicyclic amines) is 1. The van der Waals surface area contributed by atoms with E-state index in [1.807, 2.05) is 29.5 Å². The first kappa shape index (κ1) is 40.6. The molecule has 54 heavy (non-hydrogen) atoms. The van der Waals surface area contributed by atoms with Crippen LogP contribution in [0.15, 0.2) is 30.3 Å². The van der Waals surface area contributed by atoms with Gasteiger partial charge in [0.05, 0.1) is 24.9 Å². The Labute approximate surface area is 318 Å². The van der Waals surface area contributed by atoms with E-state index in [0.29, 0.717) is 57.9 Å². The molecule has 3 aliphatic heterocycles. The Hall–Kier alpha value is -4.56. The first-order valence-electron chi connectivity index (χ1n) is 19.3. The number of piperazine rings is 1. The molecule has 0 radical (unpaired) electrons. The summed E-state index contributed by atoms with van der Waals surface area (Å²) in [4.78, 5) is 51.1. The molecule has 2 aromatic heterocycles. The summed E-state index contributed by atoms with van der Waals surface area (Å²) in [6.45, 7) is 9.70. The second-order valence-corrected chi connectivity index (χ2v) is 14.5. The van der Waals surface area contributed by atoms with E-state index in [1.54, 1.807) is 7.11 Å². The molecular formula is C40H57FN8O5. The number of pyridine rings is 1. The minimum Gasteiger partial charge on any atom is -0.496 e. The zero-order valence-electron chi connectivity index (χ0n) is 32.3. The second-order valence-electron chi connectivity index (χ2n) is 14.5. The quantitative estimate of drug-likeness (QED) is 0.165. The van der Waals surface area contributed by atoms with E-state index in [0.717, 1.165) is 109 Å². The minimum atomic E-state index is -0.887. The summed E-state index contributed by atoms with van der Waals surface area (Å²) in [5.74, 6) is 1.20. The monoisotopic (exact) mass is 748 g/mol. The average Bonchev–Trinajstić information content (AvgIpc) is 3.81. The third-order valence-corrected chi connectivity index (χ3v) is 10.8. The van der Waals surface area contributed by atoms with Gasteiger partial charge in [0.25, 0.3) is 0 Å². The average molecular weight is 749 g/mol. The zero-order chi connectivity index (χ0) is 38.6. The van der Waals surface area contributed by atoms with Gasteiger partial charge in [-0.15, -0.1) is 0 Å². The van der Waals surface area contributed by atoms with E-state index in [4.69, 9.17) is 14.8 Å². The lowest BCUT2D eigenvalue weighted by Crippen LogP contribution is -2.48. The second kappa shape index (κ2) is 19.7. The van der Waals surface area contributed by atoms with Crippen LogP contribution in [0.5, 0.6) is 5.75 Å². The SMILES string of the molecule is CN.COc1cc(CCC2CCN(CC(CC(=O)OF)c3cc(N4CCN(C(=O)CCCC=O)CC4)cc(-n4nc(C)cc4C)c3)C2)nc2c1CCCN2. The Morgan fingerprint density at radius 3 is 2.56 bits per heavy atom. The Morgan fingerprint density at radius 2 is 1.85 bits per heavy atom. The van der Waals surface area contributed by atoms with Crippen molar-refractivity contribution in [2.45, 2.75) is 77.6 Å². The van der Waals surface area contributed by atoms with Gasteiger partial charge in [-0.2, -0.15) is 5.10 Å². The number of aldehydes is 1. The Morgan fingerprint density at radius 1 is 1.07 bits per heavy atom. The molecule has 2 unspecified atom stereocenters. The molecular weight excluding hydrogens is 691 g/mol. The van der Waals surface area contributed by atoms with E-state index in [1.165, 1.54) is 7.05 Å². The molecule has 0 saturated carbocycles. The number of fused-ring (bicyclic) bond motifs is 1. The molecule has 3 aliphatic rings. The van der Waals surface area contributed by atoms with Crippen LogP contribution in [0.2, 0.25) is 0 Å². The highest BCUT2D eigenvalue weighted by Gasteiger charge is 2.29. The summed E-state index contributed by atoms with van der Waals surface area (Å²) in [5, 5.41) is 8.18. The van der Waals surface area contributed by atoms with Crippen LogP contribution in [0.25, 0.3) is 5.69 Å². The molecule has 3 aromatic rings. The van der Waals surface area contributed by atoms with Crippen molar-refractivity contribution in [3.05, 3.63) is 58.5 Å². The van der Waals surface area contributed by atoms with Gasteiger partial charge in [0.1, 0.15) is 17.9 Å². The molecule has 294 valence electrons. The van der Waals surface area contributed by atoms with Crippen LogP contribution in [0.3, 0.4) is 0 Å². The standard InChI is InChI=1S/C39H52FN7O5.CH5N/c1-27-19-28(2)47(43-27)34-21-30(20-33(24-34)45-14-16-46(17-15-45)37(49)8-4-5-18-48)31(22-38(50)52-40)26-44-13-11-29(25-44)9-10-32-23-36(51-3)35-7-6-12-41-39(35)42-32;1-2/h18-21,23-24,29,31H,4-17,22,25-26H2,1-3H3,(H,41,42);2H2,1H3. The number of halogens is 1. The number of carbonyl (C=O) groups is 3. The highest BCUT2D eigenvalue weighted by atomic mass is 19.3. The van der Waals surface area contributed by atoms with Gasteiger partial charge < -0.3 is 35.3 Å². The number of benzene rings is 1. The van der Waals surface area contributed by atoms with Gasteiger partial charge in [0.2, 0.25) is 5.91 Å². The van der Waals surface area contributed by atoms with E-state index in [-0.39, 0.29) is 18.2 Å². The number of nitrogens with zero attached hydrogens (tertiary/aromatic N) is 6. The summed E-state index contributed by atoms with van der Waals surface area (Å²) >= 11 is 0. The fourth-order valence-corrected chi connectivity index (χ4v) is 8.02. The molecule has 0 spiro atoms. The van der Waals surface area contributed by atoms with Crippen LogP contribution in [0, 0.1) is 19.8 Å². The smallest absolute Gasteiger partial charge is 0.349 e. The number of aryl methyl sites for hydroxylation is 3. The number of rotatable bonds is 15. The summed E-state index contributed by atoms with van der Waals surface area (Å²) < 4.78 is 20.9. The number of aromatic nitrogens is 3. The molecule has 14 heteroatoms. The maximum absolute atomic E-state index is 13.3. The summed E-state index contributed by atoms with van der Waals surface area (Å²) in [6.07, 6.45) is 7.02. The topological polar surface area (TPSA) is 148 Å². The van der Waals surface area contributed by atoms with Crippen molar-refractivity contribution in [2.75, 3.05) is 76.7 Å². The summed E-state index contributed by atoms with van der Waals surface area (Å²) in [6, 6.07) is 10.4. The molecule has 3 N–H and O–H groups in total. The van der Waals surface area contributed by atoms with Crippen molar-refractivity contribution < 1.29 is 28.6 Å². The number of amides is 1. The Kier molecular flexibility index (Phi) is 14.8. The highest BCUT2D eigenvalue weighted by molar-refractivity contribution is 5.77. The number of methoxy groups -OCH3 is 1. The van der Waals surface area contributed by atoms with E-state index in [2.05, 4.69) is 50.1 Å². The molecule has 2 atom stereocenters. The normalized spacial score (nSPS) is 17.6. The van der Waals surface area contributed by atoms with Crippen LogP contribution in [-0.2, 0) is 32.2 Å². The molecule has 1 aromatic carbocycles. The van der Waals surface area contributed by atoms with Crippen LogP contribution in [0.4, 0.5) is 16.0 Å². The van der Waals surface area contributed by atoms with E-state index in [9.17, 15) is 18.9 Å². The van der Waals surface area contributed by atoms with Gasteiger partial charge in [-0.1, -0.05) is 0 Å². The number of nitrogens with two attached hydrogens (primary N) is 1. The minimum absolute atomic E-state index is 0.0722. The van der Waals surface area contributed by atoms with Gasteiger partial charge in [0.15, 0.2) is 0 Å². The van der Waals surface area contributed by atoms with Crippen LogP contribution >= 0.6 is 0 Å². The van der Waals surface area contributed by atoms with Gasteiger partial charge in [-0.25, -0.2) is 14.5 Å². The Bertz CT molecular complexity index is 1710. The van der Waals surface area contributed by atoms with Crippen molar-refractivity contribution in [2.24, 2.45) is 11.7 Å². The van der Waals surface area contributed by atoms with Gasteiger partial charge >= 0.3 is 5.97 Å². The predicted octanol–water partition coefficient (Wildman–Crippen LogP) is 4.70. The summed E-state index contributed by atoms with van der Waals surface area (Å²) in [7, 11) is 3.22. The lowest BCUT2D eigenvalue weighted by molar-refractivity contribution is -0.184. The van der Waals surface area contributed by atoms with Crippen LogP contribution < -0.4 is 20.7 Å². The molecule has 13 nitrogen and oxygen atoms in total. The van der Waals surface area contributed by atoms with Crippen molar-refractivity contribution >= 4 is 29.7 Å². The number of anilines is 2. The fraction of sp³-hybridized carbons (Fsp3) is 0.575. The van der Waals surface area contributed by atoms with Crippen molar-refractivity contribution in [1.29, 1.82) is 0 Å². The number of unbranched alkanes of at least 4 members (excludes halogenated alkanes) is 1. The first-order valence-corrected chi connectivity index (χ1v) is 19.3. The Balaban J connectivity index is 0.00000276. The summed E-state index contributed by atoms with van der Waals surface area (Å²) in [5.41, 5.74) is 11.3. The molecule has 6 rings (SSSR count). The number of hydrogen-bond donors (Lipinski definition) is 2. The van der Waals surface area contributed by atoms with Crippen LogP contribution in [0.1, 0.15) is 79.1 Å². The molecule has 1 amide bonds. The largest absolute Gasteiger partial charge is 0.496 e. The number of hydrogen-bond acceptors (Lipinski definition) is 11. The molecule has 2 fully saturated rings. The van der Waals surface area contributed by atoms with Gasteiger partial charge in [-0.05, 0) is 102 Å². The number of nitrogens with one attached hydrogen (secondary N) is 1. The zero-order valence-corrected chi connectivity index (χ0v) is 32.3. The lowest BCUT2D eigenvalue weighted by Gasteiger charge is -2.37. The van der Waals surface area contributed by atoms with E-state index < -0.39 is 5.97 Å². The van der Waals surface area contributed by atoms with Gasteiger partial charge in [0, 0.05) is 97.8 Å². The van der Waals surface area contributed by atoms with Crippen LogP contribution in [-0.4, -0.2) is 109 Å².